The van der Waals surface area contributed by atoms with Gasteiger partial charge in [-0.3, -0.25) is 0 Å². The Morgan fingerprint density at radius 2 is 1.91 bits per heavy atom. The van der Waals surface area contributed by atoms with Crippen LogP contribution in [0.25, 0.3) is 0 Å². The van der Waals surface area contributed by atoms with Gasteiger partial charge in [-0.2, -0.15) is 0 Å². The summed E-state index contributed by atoms with van der Waals surface area (Å²) in [4.78, 5) is 4.61. The Morgan fingerprint density at radius 1 is 1.17 bits per heavy atom. The molecule has 0 aliphatic heterocycles. The fourth-order valence-electron chi connectivity index (χ4n) is 1.90. The minimum absolute atomic E-state index is 0. The van der Waals surface area contributed by atoms with Gasteiger partial charge in [0.05, 0.1) is 20.3 Å². The lowest BCUT2D eigenvalue weighted by Crippen LogP contribution is -2.39. The Morgan fingerprint density at radius 3 is 2.48 bits per heavy atom. The highest BCUT2D eigenvalue weighted by atomic mass is 127. The number of rotatable bonds is 8. The first kappa shape index (κ1) is 21.8. The number of aliphatic imine (C=N–C) groups is 1. The second-order valence-electron chi connectivity index (χ2n) is 5.39. The van der Waals surface area contributed by atoms with Crippen molar-refractivity contribution in [3.63, 3.8) is 0 Å². The van der Waals surface area contributed by atoms with E-state index in [4.69, 9.17) is 9.47 Å². The standard InChI is InChI=1S/C17H29N3O2.HI/c1-6-18-17(19-11-13(3)4)20-12-14-8-9-15(21-5)16(10-14)22-7-2;/h8-10,13H,6-7,11-12H2,1-5H3,(H2,18,19,20);1H. The number of ether oxygens (including phenoxy) is 2. The molecule has 2 N–H and O–H groups in total. The Balaban J connectivity index is 0.00000484. The zero-order valence-corrected chi connectivity index (χ0v) is 17.1. The monoisotopic (exact) mass is 435 g/mol. The number of hydrogen-bond acceptors (Lipinski definition) is 3. The predicted molar refractivity (Wildman–Crippen MR) is 107 cm³/mol. The highest BCUT2D eigenvalue weighted by molar-refractivity contribution is 14.0. The third kappa shape index (κ3) is 8.29. The summed E-state index contributed by atoms with van der Waals surface area (Å²) in [7, 11) is 1.65. The molecule has 0 atom stereocenters. The van der Waals surface area contributed by atoms with Crippen molar-refractivity contribution in [2.45, 2.75) is 34.2 Å². The summed E-state index contributed by atoms with van der Waals surface area (Å²) >= 11 is 0. The molecule has 1 aromatic carbocycles. The van der Waals surface area contributed by atoms with Crippen LogP contribution in [0.15, 0.2) is 23.2 Å². The molecule has 0 unspecified atom stereocenters. The molecule has 0 radical (unpaired) electrons. The van der Waals surface area contributed by atoms with E-state index >= 15 is 0 Å². The van der Waals surface area contributed by atoms with Crippen molar-refractivity contribution in [1.82, 2.24) is 10.6 Å². The molecule has 0 fully saturated rings. The minimum atomic E-state index is 0. The van der Waals surface area contributed by atoms with Crippen LogP contribution in [0.5, 0.6) is 11.5 Å². The van der Waals surface area contributed by atoms with Crippen molar-refractivity contribution in [2.75, 3.05) is 26.8 Å². The first-order valence-electron chi connectivity index (χ1n) is 7.92. The molecule has 1 rings (SSSR count). The second-order valence-corrected chi connectivity index (χ2v) is 5.39. The van der Waals surface area contributed by atoms with Crippen molar-refractivity contribution in [3.05, 3.63) is 23.8 Å². The van der Waals surface area contributed by atoms with Gasteiger partial charge in [-0.15, -0.1) is 24.0 Å². The molecule has 0 saturated carbocycles. The average Bonchev–Trinajstić information content (AvgIpc) is 2.50. The van der Waals surface area contributed by atoms with Crippen LogP contribution < -0.4 is 20.1 Å². The predicted octanol–water partition coefficient (Wildman–Crippen LogP) is 3.42. The van der Waals surface area contributed by atoms with E-state index in [1.807, 2.05) is 25.1 Å². The molecule has 0 aliphatic rings. The van der Waals surface area contributed by atoms with Crippen LogP contribution in [0, 0.1) is 5.92 Å². The lowest BCUT2D eigenvalue weighted by molar-refractivity contribution is 0.310. The maximum Gasteiger partial charge on any atom is 0.191 e. The van der Waals surface area contributed by atoms with Gasteiger partial charge < -0.3 is 20.1 Å². The van der Waals surface area contributed by atoms with E-state index < -0.39 is 0 Å². The first-order chi connectivity index (χ1) is 10.6. The molecule has 0 heterocycles. The summed E-state index contributed by atoms with van der Waals surface area (Å²) < 4.78 is 10.9. The van der Waals surface area contributed by atoms with Gasteiger partial charge in [-0.25, -0.2) is 4.99 Å². The molecule has 132 valence electrons. The van der Waals surface area contributed by atoms with Crippen molar-refractivity contribution in [3.8, 4) is 11.5 Å². The summed E-state index contributed by atoms with van der Waals surface area (Å²) in [6, 6.07) is 5.92. The van der Waals surface area contributed by atoms with Gasteiger partial charge >= 0.3 is 0 Å². The zero-order valence-electron chi connectivity index (χ0n) is 14.8. The van der Waals surface area contributed by atoms with Crippen LogP contribution >= 0.6 is 24.0 Å². The average molecular weight is 435 g/mol. The zero-order chi connectivity index (χ0) is 16.4. The Bertz CT molecular complexity index is 479. The highest BCUT2D eigenvalue weighted by Crippen LogP contribution is 2.28. The maximum absolute atomic E-state index is 5.60. The molecule has 0 amide bonds. The minimum Gasteiger partial charge on any atom is -0.493 e. The largest absolute Gasteiger partial charge is 0.493 e. The molecule has 0 aliphatic carbocycles. The Labute approximate surface area is 157 Å². The first-order valence-corrected chi connectivity index (χ1v) is 7.92. The van der Waals surface area contributed by atoms with E-state index in [1.54, 1.807) is 7.11 Å². The molecule has 5 nitrogen and oxygen atoms in total. The summed E-state index contributed by atoms with van der Waals surface area (Å²) in [5, 5.41) is 6.59. The van der Waals surface area contributed by atoms with Gasteiger partial charge in [0.2, 0.25) is 0 Å². The fraction of sp³-hybridized carbons (Fsp3) is 0.588. The second kappa shape index (κ2) is 12.3. The summed E-state index contributed by atoms with van der Waals surface area (Å²) in [5.41, 5.74) is 1.09. The van der Waals surface area contributed by atoms with Crippen molar-refractivity contribution < 1.29 is 9.47 Å². The van der Waals surface area contributed by atoms with E-state index in [1.165, 1.54) is 0 Å². The van der Waals surface area contributed by atoms with Crippen LogP contribution in [-0.2, 0) is 6.54 Å². The topological polar surface area (TPSA) is 54.9 Å². The van der Waals surface area contributed by atoms with Crippen molar-refractivity contribution in [1.29, 1.82) is 0 Å². The smallest absolute Gasteiger partial charge is 0.191 e. The number of methoxy groups -OCH3 is 1. The summed E-state index contributed by atoms with van der Waals surface area (Å²) in [6.07, 6.45) is 0. The normalized spacial score (nSPS) is 11.0. The van der Waals surface area contributed by atoms with E-state index in [-0.39, 0.29) is 24.0 Å². The van der Waals surface area contributed by atoms with Gasteiger partial charge in [0.1, 0.15) is 0 Å². The number of halogens is 1. The van der Waals surface area contributed by atoms with Gasteiger partial charge in [0.15, 0.2) is 17.5 Å². The molecule has 0 spiro atoms. The SMILES string of the molecule is CCNC(=NCc1ccc(OC)c(OCC)c1)NCC(C)C.I. The molecule has 23 heavy (non-hydrogen) atoms. The number of hydrogen-bond donors (Lipinski definition) is 2. The molecule has 6 heteroatoms. The molecule has 1 aromatic rings. The van der Waals surface area contributed by atoms with Crippen LogP contribution in [-0.4, -0.2) is 32.8 Å². The van der Waals surface area contributed by atoms with Gasteiger partial charge in [0, 0.05) is 13.1 Å². The molecular formula is C17H30IN3O2. The number of guanidine groups is 1. The summed E-state index contributed by atoms with van der Waals surface area (Å²) in [5.74, 6) is 2.93. The third-order valence-corrected chi connectivity index (χ3v) is 2.97. The van der Waals surface area contributed by atoms with Crippen LogP contribution in [0.2, 0.25) is 0 Å². The van der Waals surface area contributed by atoms with Crippen molar-refractivity contribution >= 4 is 29.9 Å². The van der Waals surface area contributed by atoms with Gasteiger partial charge in [0.25, 0.3) is 0 Å². The molecule has 0 bridgehead atoms. The Kier molecular flexibility index (Phi) is 11.6. The van der Waals surface area contributed by atoms with Crippen LogP contribution in [0.1, 0.15) is 33.3 Å². The summed E-state index contributed by atoms with van der Waals surface area (Å²) in [6.45, 7) is 11.3. The van der Waals surface area contributed by atoms with Crippen LogP contribution in [0.3, 0.4) is 0 Å². The Hall–Kier alpha value is -1.18. The molecule has 0 aromatic heterocycles. The highest BCUT2D eigenvalue weighted by Gasteiger charge is 2.05. The van der Waals surface area contributed by atoms with E-state index in [9.17, 15) is 0 Å². The lowest BCUT2D eigenvalue weighted by atomic mass is 10.2. The van der Waals surface area contributed by atoms with E-state index in [0.717, 1.165) is 36.1 Å². The number of nitrogens with zero attached hydrogens (tertiary/aromatic N) is 1. The molecular weight excluding hydrogens is 405 g/mol. The number of nitrogens with one attached hydrogen (secondary N) is 2. The third-order valence-electron chi connectivity index (χ3n) is 2.97. The number of benzene rings is 1. The maximum atomic E-state index is 5.60. The van der Waals surface area contributed by atoms with E-state index in [0.29, 0.717) is 19.1 Å². The fourth-order valence-corrected chi connectivity index (χ4v) is 1.90. The lowest BCUT2D eigenvalue weighted by Gasteiger charge is -2.13. The quantitative estimate of drug-likeness (QED) is 0.373. The van der Waals surface area contributed by atoms with Crippen LogP contribution in [0.4, 0.5) is 0 Å². The van der Waals surface area contributed by atoms with Gasteiger partial charge in [-0.1, -0.05) is 19.9 Å². The van der Waals surface area contributed by atoms with E-state index in [2.05, 4.69) is 36.4 Å². The van der Waals surface area contributed by atoms with Gasteiger partial charge in [-0.05, 0) is 37.5 Å². The molecule has 0 saturated heterocycles. The van der Waals surface area contributed by atoms with Crippen molar-refractivity contribution in [2.24, 2.45) is 10.9 Å².